The number of hydrogen-bond donors (Lipinski definition) is 0. The summed E-state index contributed by atoms with van der Waals surface area (Å²) < 4.78 is 1.78. The van der Waals surface area contributed by atoms with Crippen molar-refractivity contribution in [3.8, 4) is 0 Å². The molecule has 2 saturated heterocycles. The van der Waals surface area contributed by atoms with Gasteiger partial charge in [0, 0.05) is 44.4 Å². The van der Waals surface area contributed by atoms with Crippen molar-refractivity contribution in [1.29, 1.82) is 0 Å². The third-order valence-electron chi connectivity index (χ3n) is 5.14. The van der Waals surface area contributed by atoms with Gasteiger partial charge in [0.2, 0.25) is 11.8 Å². The molecule has 2 aliphatic heterocycles. The van der Waals surface area contributed by atoms with E-state index >= 15 is 0 Å². The smallest absolute Gasteiger partial charge is 0.228 e. The lowest BCUT2D eigenvalue weighted by molar-refractivity contribution is -0.136. The number of hydrogen-bond acceptors (Lipinski definition) is 3. The van der Waals surface area contributed by atoms with Gasteiger partial charge in [0.1, 0.15) is 0 Å². The van der Waals surface area contributed by atoms with Crippen LogP contribution in [0.25, 0.3) is 0 Å². The minimum Gasteiger partial charge on any atom is -0.339 e. The minimum absolute atomic E-state index is 0.131. The Morgan fingerprint density at radius 3 is 2.82 bits per heavy atom. The third-order valence-corrected chi connectivity index (χ3v) is 5.14. The van der Waals surface area contributed by atoms with Gasteiger partial charge in [-0.05, 0) is 25.7 Å². The number of carbonyl (C=O) groups is 2. The molecule has 0 bridgehead atoms. The Balaban J connectivity index is 1.48. The largest absolute Gasteiger partial charge is 0.339 e. The van der Waals surface area contributed by atoms with Gasteiger partial charge in [0.15, 0.2) is 0 Å². The van der Waals surface area contributed by atoms with E-state index in [4.69, 9.17) is 0 Å². The number of amides is 2. The van der Waals surface area contributed by atoms with Crippen molar-refractivity contribution < 1.29 is 9.59 Å². The molecule has 3 fully saturated rings. The zero-order chi connectivity index (χ0) is 15.3. The Hall–Kier alpha value is -1.85. The van der Waals surface area contributed by atoms with E-state index < -0.39 is 0 Å². The summed E-state index contributed by atoms with van der Waals surface area (Å²) in [6.07, 6.45) is 8.47. The highest BCUT2D eigenvalue weighted by molar-refractivity contribution is 5.90. The second-order valence-electron chi connectivity index (χ2n) is 6.82. The molecule has 0 spiro atoms. The Morgan fingerprint density at radius 1 is 1.32 bits per heavy atom. The SMILES string of the molecule is Cn1cc([C@H]2CCCN2C(=O)[C@@H]2CC(=O)N(C3CC3)C2)cn1. The number of carbonyl (C=O) groups excluding carboxylic acids is 2. The Labute approximate surface area is 130 Å². The van der Waals surface area contributed by atoms with Gasteiger partial charge in [-0.1, -0.05) is 0 Å². The van der Waals surface area contributed by atoms with Gasteiger partial charge < -0.3 is 9.80 Å². The lowest BCUT2D eigenvalue weighted by atomic mass is 10.0. The average Bonchev–Trinajstić information content (AvgIpc) is 2.90. The molecule has 6 heteroatoms. The van der Waals surface area contributed by atoms with E-state index in [0.717, 1.165) is 37.8 Å². The second kappa shape index (κ2) is 5.11. The maximum atomic E-state index is 12.9. The Kier molecular flexibility index (Phi) is 3.20. The van der Waals surface area contributed by atoms with Crippen molar-refractivity contribution in [2.75, 3.05) is 13.1 Å². The van der Waals surface area contributed by atoms with Crippen molar-refractivity contribution in [2.45, 2.75) is 44.2 Å². The molecule has 0 aromatic carbocycles. The molecule has 1 aromatic rings. The molecule has 0 unspecified atom stereocenters. The highest BCUT2D eigenvalue weighted by Crippen LogP contribution is 2.37. The highest BCUT2D eigenvalue weighted by Gasteiger charge is 2.44. The summed E-state index contributed by atoms with van der Waals surface area (Å²) in [4.78, 5) is 28.9. The van der Waals surface area contributed by atoms with Crippen LogP contribution in [0.3, 0.4) is 0 Å². The molecule has 0 N–H and O–H groups in total. The molecule has 1 aliphatic carbocycles. The number of aryl methyl sites for hydroxylation is 1. The van der Waals surface area contributed by atoms with E-state index in [1.807, 2.05) is 29.2 Å². The van der Waals surface area contributed by atoms with Gasteiger partial charge in [-0.3, -0.25) is 14.3 Å². The van der Waals surface area contributed by atoms with Crippen molar-refractivity contribution in [3.05, 3.63) is 18.0 Å². The predicted octanol–water partition coefficient (Wildman–Crippen LogP) is 1.09. The normalized spacial score (nSPS) is 28.7. The highest BCUT2D eigenvalue weighted by atomic mass is 16.2. The number of nitrogens with zero attached hydrogens (tertiary/aromatic N) is 4. The lowest BCUT2D eigenvalue weighted by Gasteiger charge is -2.26. The van der Waals surface area contributed by atoms with Gasteiger partial charge in [-0.15, -0.1) is 0 Å². The van der Waals surface area contributed by atoms with Gasteiger partial charge in [0.05, 0.1) is 18.2 Å². The van der Waals surface area contributed by atoms with Crippen LogP contribution in [0.2, 0.25) is 0 Å². The van der Waals surface area contributed by atoms with E-state index in [2.05, 4.69) is 5.10 Å². The van der Waals surface area contributed by atoms with Crippen molar-refractivity contribution in [3.63, 3.8) is 0 Å². The van der Waals surface area contributed by atoms with Crippen LogP contribution in [0.15, 0.2) is 12.4 Å². The monoisotopic (exact) mass is 302 g/mol. The predicted molar refractivity (Wildman–Crippen MR) is 79.7 cm³/mol. The first-order valence-corrected chi connectivity index (χ1v) is 8.22. The molecule has 2 atom stereocenters. The van der Waals surface area contributed by atoms with Gasteiger partial charge in [-0.2, -0.15) is 5.10 Å². The van der Waals surface area contributed by atoms with E-state index in [1.165, 1.54) is 0 Å². The maximum absolute atomic E-state index is 12.9. The van der Waals surface area contributed by atoms with Crippen LogP contribution >= 0.6 is 0 Å². The second-order valence-corrected chi connectivity index (χ2v) is 6.82. The quantitative estimate of drug-likeness (QED) is 0.840. The molecule has 3 aliphatic rings. The van der Waals surface area contributed by atoms with Crippen LogP contribution in [0, 0.1) is 5.92 Å². The molecular formula is C16H22N4O2. The fourth-order valence-electron chi connectivity index (χ4n) is 3.86. The minimum atomic E-state index is -0.148. The third kappa shape index (κ3) is 2.30. The first-order valence-electron chi connectivity index (χ1n) is 8.22. The zero-order valence-corrected chi connectivity index (χ0v) is 12.9. The fourth-order valence-corrected chi connectivity index (χ4v) is 3.86. The summed E-state index contributed by atoms with van der Waals surface area (Å²) in [5, 5.41) is 4.22. The van der Waals surface area contributed by atoms with Gasteiger partial charge in [-0.25, -0.2) is 0 Å². The van der Waals surface area contributed by atoms with E-state index in [9.17, 15) is 9.59 Å². The number of likely N-dealkylation sites (tertiary alicyclic amines) is 2. The van der Waals surface area contributed by atoms with Crippen LogP contribution in [-0.4, -0.2) is 50.5 Å². The van der Waals surface area contributed by atoms with E-state index in [0.29, 0.717) is 19.0 Å². The molecule has 118 valence electrons. The molecule has 4 rings (SSSR count). The topological polar surface area (TPSA) is 58.4 Å². The maximum Gasteiger partial charge on any atom is 0.228 e. The van der Waals surface area contributed by atoms with Gasteiger partial charge >= 0.3 is 0 Å². The molecular weight excluding hydrogens is 280 g/mol. The first kappa shape index (κ1) is 13.8. The summed E-state index contributed by atoms with van der Waals surface area (Å²) >= 11 is 0. The van der Waals surface area contributed by atoms with Crippen molar-refractivity contribution in [1.82, 2.24) is 19.6 Å². The number of rotatable bonds is 3. The molecule has 1 saturated carbocycles. The summed E-state index contributed by atoms with van der Waals surface area (Å²) in [5.74, 6) is 0.172. The lowest BCUT2D eigenvalue weighted by Crippen LogP contribution is -2.37. The fraction of sp³-hybridized carbons (Fsp3) is 0.688. The standard InChI is InChI=1S/C16H22N4O2/c1-18-9-12(8-17-18)14-3-2-6-19(14)16(22)11-7-15(21)20(10-11)13-4-5-13/h8-9,11,13-14H,2-7,10H2,1H3/t11-,14-/m1/s1. The van der Waals surface area contributed by atoms with Crippen LogP contribution in [0.1, 0.15) is 43.7 Å². The van der Waals surface area contributed by atoms with Crippen LogP contribution in [0.5, 0.6) is 0 Å². The summed E-state index contributed by atoms with van der Waals surface area (Å²) in [6.45, 7) is 1.42. The molecule has 6 nitrogen and oxygen atoms in total. The molecule has 22 heavy (non-hydrogen) atoms. The van der Waals surface area contributed by atoms with Crippen molar-refractivity contribution in [2.24, 2.45) is 13.0 Å². The van der Waals surface area contributed by atoms with Crippen LogP contribution in [0.4, 0.5) is 0 Å². The van der Waals surface area contributed by atoms with E-state index in [1.54, 1.807) is 4.68 Å². The van der Waals surface area contributed by atoms with E-state index in [-0.39, 0.29) is 23.8 Å². The Morgan fingerprint density at radius 2 is 2.14 bits per heavy atom. The number of aromatic nitrogens is 2. The van der Waals surface area contributed by atoms with Crippen LogP contribution in [-0.2, 0) is 16.6 Å². The van der Waals surface area contributed by atoms with Gasteiger partial charge in [0.25, 0.3) is 0 Å². The molecule has 0 radical (unpaired) electrons. The van der Waals surface area contributed by atoms with Crippen LogP contribution < -0.4 is 0 Å². The first-order chi connectivity index (χ1) is 10.6. The zero-order valence-electron chi connectivity index (χ0n) is 12.9. The summed E-state index contributed by atoms with van der Waals surface area (Å²) in [5.41, 5.74) is 1.11. The Bertz CT molecular complexity index is 607. The molecule has 1 aromatic heterocycles. The van der Waals surface area contributed by atoms with Crippen molar-refractivity contribution >= 4 is 11.8 Å². The molecule has 2 amide bonds. The molecule has 3 heterocycles. The summed E-state index contributed by atoms with van der Waals surface area (Å²) in [6, 6.07) is 0.546. The summed E-state index contributed by atoms with van der Waals surface area (Å²) in [7, 11) is 1.90. The average molecular weight is 302 g/mol.